The van der Waals surface area contributed by atoms with Crippen LogP contribution in [0.15, 0.2) is 42.6 Å². The van der Waals surface area contributed by atoms with E-state index in [-0.39, 0.29) is 12.3 Å². The molecule has 2 aromatic carbocycles. The SMILES string of the molecule is CC#C[C@@H](CC(=O)O)c1ccc(OCc2ccc3cnn(CC(C)C)c3c2C)cc1. The summed E-state index contributed by atoms with van der Waals surface area (Å²) in [6.45, 7) is 9.55. The third kappa shape index (κ3) is 5.01. The van der Waals surface area contributed by atoms with Crippen LogP contribution in [-0.4, -0.2) is 20.9 Å². The summed E-state index contributed by atoms with van der Waals surface area (Å²) in [5.41, 5.74) is 4.35. The summed E-state index contributed by atoms with van der Waals surface area (Å²) in [5.74, 6) is 5.88. The van der Waals surface area contributed by atoms with Crippen LogP contribution < -0.4 is 4.74 Å². The fourth-order valence-electron chi connectivity index (χ4n) is 3.60. The molecule has 0 aliphatic heterocycles. The fraction of sp³-hybridized carbons (Fsp3) is 0.360. The zero-order chi connectivity index (χ0) is 21.7. The molecule has 0 spiro atoms. The van der Waals surface area contributed by atoms with E-state index < -0.39 is 5.97 Å². The largest absolute Gasteiger partial charge is 0.489 e. The van der Waals surface area contributed by atoms with Gasteiger partial charge in [-0.2, -0.15) is 5.10 Å². The van der Waals surface area contributed by atoms with E-state index in [9.17, 15) is 4.79 Å². The number of aliphatic carboxylic acids is 1. The molecule has 0 saturated heterocycles. The summed E-state index contributed by atoms with van der Waals surface area (Å²) in [6, 6.07) is 11.7. The molecule has 1 aromatic heterocycles. The van der Waals surface area contributed by atoms with Gasteiger partial charge in [-0.25, -0.2) is 0 Å². The fourth-order valence-corrected chi connectivity index (χ4v) is 3.60. The number of rotatable bonds is 8. The van der Waals surface area contributed by atoms with E-state index in [1.54, 1.807) is 6.92 Å². The Morgan fingerprint density at radius 1 is 1.20 bits per heavy atom. The van der Waals surface area contributed by atoms with Crippen molar-refractivity contribution >= 4 is 16.9 Å². The van der Waals surface area contributed by atoms with Gasteiger partial charge in [-0.1, -0.05) is 44.0 Å². The van der Waals surface area contributed by atoms with Crippen molar-refractivity contribution in [1.29, 1.82) is 0 Å². The van der Waals surface area contributed by atoms with Gasteiger partial charge in [0.1, 0.15) is 12.4 Å². The minimum Gasteiger partial charge on any atom is -0.489 e. The molecule has 5 heteroatoms. The second-order valence-electron chi connectivity index (χ2n) is 7.91. The number of hydrogen-bond donors (Lipinski definition) is 1. The third-order valence-corrected chi connectivity index (χ3v) is 5.08. The van der Waals surface area contributed by atoms with E-state index >= 15 is 0 Å². The molecule has 0 unspecified atom stereocenters. The summed E-state index contributed by atoms with van der Waals surface area (Å²) in [6.07, 6.45) is 1.91. The van der Waals surface area contributed by atoms with Crippen LogP contribution in [0.2, 0.25) is 0 Å². The lowest BCUT2D eigenvalue weighted by Crippen LogP contribution is -2.07. The molecule has 3 aromatic rings. The summed E-state index contributed by atoms with van der Waals surface area (Å²) < 4.78 is 8.09. The Morgan fingerprint density at radius 2 is 1.93 bits per heavy atom. The average Bonchev–Trinajstić information content (AvgIpc) is 3.10. The van der Waals surface area contributed by atoms with E-state index in [0.717, 1.165) is 34.3 Å². The smallest absolute Gasteiger partial charge is 0.304 e. The Balaban J connectivity index is 1.75. The monoisotopic (exact) mass is 404 g/mol. The zero-order valence-corrected chi connectivity index (χ0v) is 18.0. The normalized spacial score (nSPS) is 11.9. The van der Waals surface area contributed by atoms with Crippen LogP contribution in [0.5, 0.6) is 5.75 Å². The van der Waals surface area contributed by atoms with Gasteiger partial charge in [-0.3, -0.25) is 9.48 Å². The van der Waals surface area contributed by atoms with Crippen LogP contribution in [0.25, 0.3) is 10.9 Å². The predicted octanol–water partition coefficient (Wildman–Crippen LogP) is 5.16. The molecule has 0 radical (unpaired) electrons. The zero-order valence-electron chi connectivity index (χ0n) is 18.0. The molecule has 1 N–H and O–H groups in total. The summed E-state index contributed by atoms with van der Waals surface area (Å²) in [4.78, 5) is 11.1. The van der Waals surface area contributed by atoms with Crippen molar-refractivity contribution in [3.63, 3.8) is 0 Å². The number of fused-ring (bicyclic) bond motifs is 1. The highest BCUT2D eigenvalue weighted by Gasteiger charge is 2.14. The van der Waals surface area contributed by atoms with E-state index in [4.69, 9.17) is 9.84 Å². The molecule has 0 saturated carbocycles. The minimum absolute atomic E-state index is 0.00961. The number of carboxylic acid groups (broad SMARTS) is 1. The van der Waals surface area contributed by atoms with Gasteiger partial charge >= 0.3 is 5.97 Å². The lowest BCUT2D eigenvalue weighted by Gasteiger charge is -2.13. The lowest BCUT2D eigenvalue weighted by molar-refractivity contribution is -0.137. The summed E-state index contributed by atoms with van der Waals surface area (Å²) >= 11 is 0. The molecule has 0 bridgehead atoms. The molecular formula is C25H28N2O3. The van der Waals surface area contributed by atoms with Crippen LogP contribution >= 0.6 is 0 Å². The summed E-state index contributed by atoms with van der Waals surface area (Å²) in [7, 11) is 0. The Kier molecular flexibility index (Phi) is 6.79. The number of benzene rings is 2. The Morgan fingerprint density at radius 3 is 2.57 bits per heavy atom. The van der Waals surface area contributed by atoms with Gasteiger partial charge < -0.3 is 9.84 Å². The van der Waals surface area contributed by atoms with Gasteiger partial charge in [0.2, 0.25) is 0 Å². The number of aromatic nitrogens is 2. The molecule has 0 aliphatic rings. The molecule has 3 rings (SSSR count). The summed E-state index contributed by atoms with van der Waals surface area (Å²) in [5, 5.41) is 14.8. The molecule has 1 atom stereocenters. The number of hydrogen-bond acceptors (Lipinski definition) is 3. The molecular weight excluding hydrogens is 376 g/mol. The first kappa shape index (κ1) is 21.4. The van der Waals surface area contributed by atoms with E-state index in [1.165, 1.54) is 5.56 Å². The van der Waals surface area contributed by atoms with Gasteiger partial charge in [0, 0.05) is 11.9 Å². The number of carbonyl (C=O) groups is 1. The van der Waals surface area contributed by atoms with Crippen molar-refractivity contribution in [2.24, 2.45) is 5.92 Å². The van der Waals surface area contributed by atoms with Crippen LogP contribution in [0.3, 0.4) is 0 Å². The van der Waals surface area contributed by atoms with Gasteiger partial charge in [0.15, 0.2) is 0 Å². The second-order valence-corrected chi connectivity index (χ2v) is 7.91. The van der Waals surface area contributed by atoms with Gasteiger partial charge in [0.05, 0.1) is 24.1 Å². The van der Waals surface area contributed by atoms with Crippen LogP contribution in [-0.2, 0) is 17.9 Å². The highest BCUT2D eigenvalue weighted by atomic mass is 16.5. The van der Waals surface area contributed by atoms with Crippen molar-refractivity contribution in [1.82, 2.24) is 9.78 Å². The van der Waals surface area contributed by atoms with E-state index in [0.29, 0.717) is 12.5 Å². The first-order chi connectivity index (χ1) is 14.4. The Labute approximate surface area is 177 Å². The molecule has 0 fully saturated rings. The topological polar surface area (TPSA) is 64.3 Å². The average molecular weight is 405 g/mol. The molecule has 0 aliphatic carbocycles. The molecule has 1 heterocycles. The number of aryl methyl sites for hydroxylation is 1. The van der Waals surface area contributed by atoms with Crippen molar-refractivity contribution in [2.75, 3.05) is 0 Å². The van der Waals surface area contributed by atoms with Crippen LogP contribution in [0.1, 0.15) is 49.8 Å². The maximum atomic E-state index is 11.1. The van der Waals surface area contributed by atoms with Crippen LogP contribution in [0, 0.1) is 24.7 Å². The third-order valence-electron chi connectivity index (χ3n) is 5.08. The Bertz CT molecular complexity index is 1090. The highest BCUT2D eigenvalue weighted by Crippen LogP contribution is 2.25. The quantitative estimate of drug-likeness (QED) is 0.527. The van der Waals surface area contributed by atoms with E-state index in [1.807, 2.05) is 30.5 Å². The number of nitrogens with zero attached hydrogens (tertiary/aromatic N) is 2. The van der Waals surface area contributed by atoms with Crippen molar-refractivity contribution in [3.05, 3.63) is 59.3 Å². The lowest BCUT2D eigenvalue weighted by atomic mass is 9.96. The van der Waals surface area contributed by atoms with Gasteiger partial charge in [-0.15, -0.1) is 5.92 Å². The molecule has 156 valence electrons. The Hall–Kier alpha value is -3.26. The van der Waals surface area contributed by atoms with Crippen molar-refractivity contribution in [3.8, 4) is 17.6 Å². The maximum Gasteiger partial charge on any atom is 0.304 e. The van der Waals surface area contributed by atoms with Crippen molar-refractivity contribution < 1.29 is 14.6 Å². The van der Waals surface area contributed by atoms with Crippen molar-refractivity contribution in [2.45, 2.75) is 53.2 Å². The van der Waals surface area contributed by atoms with E-state index in [2.05, 4.69) is 54.5 Å². The van der Waals surface area contributed by atoms with Gasteiger partial charge in [-0.05, 0) is 48.6 Å². The standard InChI is InChI=1S/C25H28N2O3/c1-5-6-20(13-24(28)29)19-9-11-23(12-10-19)30-16-22-8-7-21-14-26-27(15-17(2)3)25(21)18(22)4/h7-12,14,17,20H,13,15-16H2,1-4H3,(H,28,29)/t20-/m0/s1. The number of carboxylic acids is 1. The first-order valence-electron chi connectivity index (χ1n) is 10.2. The molecule has 0 amide bonds. The predicted molar refractivity (Wildman–Crippen MR) is 119 cm³/mol. The molecule has 5 nitrogen and oxygen atoms in total. The highest BCUT2D eigenvalue weighted by molar-refractivity contribution is 5.83. The number of ether oxygens (including phenoxy) is 1. The second kappa shape index (κ2) is 9.49. The first-order valence-corrected chi connectivity index (χ1v) is 10.2. The maximum absolute atomic E-state index is 11.1. The minimum atomic E-state index is -0.856. The van der Waals surface area contributed by atoms with Gasteiger partial charge in [0.25, 0.3) is 0 Å². The molecule has 30 heavy (non-hydrogen) atoms. The van der Waals surface area contributed by atoms with Crippen LogP contribution in [0.4, 0.5) is 0 Å².